The molecule has 0 saturated carbocycles. The van der Waals surface area contributed by atoms with E-state index in [0.29, 0.717) is 25.2 Å². The predicted octanol–water partition coefficient (Wildman–Crippen LogP) is 1.20. The Hall–Kier alpha value is -1.50. The number of sulfonamides is 1. The summed E-state index contributed by atoms with van der Waals surface area (Å²) in [4.78, 5) is 21.0. The summed E-state index contributed by atoms with van der Waals surface area (Å²) in [6.45, 7) is 2.25. The zero-order valence-electron chi connectivity index (χ0n) is 11.4. The number of H-pyrrole nitrogens is 1. The molecule has 0 bridgehead atoms. The van der Waals surface area contributed by atoms with Gasteiger partial charge in [0.2, 0.25) is 6.08 Å². The van der Waals surface area contributed by atoms with Gasteiger partial charge >= 0.3 is 0 Å². The van der Waals surface area contributed by atoms with E-state index in [2.05, 4.69) is 15.0 Å². The molecule has 0 aliphatic carbocycles. The van der Waals surface area contributed by atoms with Crippen molar-refractivity contribution in [2.75, 3.05) is 6.54 Å². The van der Waals surface area contributed by atoms with Crippen LogP contribution in [0.4, 0.5) is 0 Å². The normalized spacial score (nSPS) is 21.1. The van der Waals surface area contributed by atoms with Crippen molar-refractivity contribution in [1.82, 2.24) is 14.3 Å². The topological polar surface area (TPSA) is 95.5 Å². The molecular weight excluding hydrogens is 280 g/mol. The van der Waals surface area contributed by atoms with E-state index in [-0.39, 0.29) is 5.03 Å². The fraction of sp³-hybridized carbons (Fsp3) is 0.667. The predicted molar refractivity (Wildman–Crippen MR) is 72.2 cm³/mol. The highest BCUT2D eigenvalue weighted by molar-refractivity contribution is 7.89. The lowest BCUT2D eigenvalue weighted by Gasteiger charge is -2.24. The van der Waals surface area contributed by atoms with E-state index < -0.39 is 16.2 Å². The Morgan fingerprint density at radius 3 is 2.95 bits per heavy atom. The SMILES string of the molecule is CCc1ncc(S(=O)(=O)N2CCCCCC2N=C=O)[nH]1. The van der Waals surface area contributed by atoms with E-state index in [1.165, 1.54) is 16.6 Å². The summed E-state index contributed by atoms with van der Waals surface area (Å²) in [7, 11) is -3.70. The molecule has 1 aliphatic heterocycles. The number of aryl methyl sites for hydroxylation is 1. The molecule has 1 fully saturated rings. The van der Waals surface area contributed by atoms with Crippen LogP contribution in [0, 0.1) is 0 Å². The summed E-state index contributed by atoms with van der Waals surface area (Å²) in [6, 6.07) is 0. The molecule has 20 heavy (non-hydrogen) atoms. The van der Waals surface area contributed by atoms with Gasteiger partial charge in [0.1, 0.15) is 12.0 Å². The van der Waals surface area contributed by atoms with Crippen molar-refractivity contribution in [3.8, 4) is 0 Å². The van der Waals surface area contributed by atoms with E-state index in [1.807, 2.05) is 6.92 Å². The molecule has 0 amide bonds. The van der Waals surface area contributed by atoms with Crippen LogP contribution in [0.2, 0.25) is 0 Å². The molecule has 1 atom stereocenters. The molecule has 8 heteroatoms. The molecular formula is C12H18N4O3S. The summed E-state index contributed by atoms with van der Waals surface area (Å²) in [5, 5.41) is 0.0577. The molecule has 110 valence electrons. The summed E-state index contributed by atoms with van der Waals surface area (Å²) in [6.07, 6.45) is 5.86. The van der Waals surface area contributed by atoms with Gasteiger partial charge < -0.3 is 4.98 Å². The fourth-order valence-electron chi connectivity index (χ4n) is 2.31. The van der Waals surface area contributed by atoms with Gasteiger partial charge in [-0.15, -0.1) is 0 Å². The number of nitrogens with one attached hydrogen (secondary N) is 1. The van der Waals surface area contributed by atoms with E-state index >= 15 is 0 Å². The van der Waals surface area contributed by atoms with Crippen LogP contribution in [0.5, 0.6) is 0 Å². The third-order valence-electron chi connectivity index (χ3n) is 3.40. The molecule has 7 nitrogen and oxygen atoms in total. The van der Waals surface area contributed by atoms with Crippen molar-refractivity contribution < 1.29 is 13.2 Å². The summed E-state index contributed by atoms with van der Waals surface area (Å²) < 4.78 is 26.5. The average molecular weight is 298 g/mol. The first-order chi connectivity index (χ1) is 9.59. The molecule has 0 radical (unpaired) electrons. The molecule has 2 rings (SSSR count). The lowest BCUT2D eigenvalue weighted by Crippen LogP contribution is -2.39. The van der Waals surface area contributed by atoms with Gasteiger partial charge in [0.15, 0.2) is 5.03 Å². The van der Waals surface area contributed by atoms with Crippen molar-refractivity contribution >= 4 is 16.1 Å². The van der Waals surface area contributed by atoms with Gasteiger partial charge in [0, 0.05) is 13.0 Å². The van der Waals surface area contributed by atoms with Gasteiger partial charge in [0.25, 0.3) is 10.0 Å². The second kappa shape index (κ2) is 6.30. The maximum Gasteiger partial charge on any atom is 0.261 e. The van der Waals surface area contributed by atoms with Crippen LogP contribution < -0.4 is 0 Å². The van der Waals surface area contributed by atoms with Crippen LogP contribution in [-0.4, -0.2) is 41.5 Å². The molecule has 0 aromatic carbocycles. The largest absolute Gasteiger partial charge is 0.332 e. The quantitative estimate of drug-likeness (QED) is 0.667. The average Bonchev–Trinajstić information content (AvgIpc) is 2.80. The highest BCUT2D eigenvalue weighted by Gasteiger charge is 2.33. The number of rotatable bonds is 4. The standard InChI is InChI=1S/C12H18N4O3S/c1-2-10-13-8-12(15-10)20(18,19)16-7-5-3-4-6-11(16)14-9-17/h8,11H,2-7H2,1H3,(H,13,15). The van der Waals surface area contributed by atoms with E-state index in [0.717, 1.165) is 19.3 Å². The summed E-state index contributed by atoms with van der Waals surface area (Å²) in [5.41, 5.74) is 0. The monoisotopic (exact) mass is 298 g/mol. The molecule has 1 aromatic rings. The van der Waals surface area contributed by atoms with Crippen LogP contribution in [0.3, 0.4) is 0 Å². The van der Waals surface area contributed by atoms with Crippen molar-refractivity contribution in [2.24, 2.45) is 4.99 Å². The van der Waals surface area contributed by atoms with Gasteiger partial charge in [-0.3, -0.25) is 0 Å². The highest BCUT2D eigenvalue weighted by atomic mass is 32.2. The number of aromatic nitrogens is 2. The van der Waals surface area contributed by atoms with E-state index in [9.17, 15) is 13.2 Å². The zero-order valence-corrected chi connectivity index (χ0v) is 12.2. The molecule has 1 N–H and O–H groups in total. The van der Waals surface area contributed by atoms with Gasteiger partial charge in [0.05, 0.1) is 6.20 Å². The Labute approximate surface area is 118 Å². The molecule has 2 heterocycles. The lowest BCUT2D eigenvalue weighted by molar-refractivity contribution is 0.329. The molecule has 0 spiro atoms. The van der Waals surface area contributed by atoms with E-state index in [1.54, 1.807) is 0 Å². The Morgan fingerprint density at radius 2 is 2.30 bits per heavy atom. The van der Waals surface area contributed by atoms with Crippen LogP contribution >= 0.6 is 0 Å². The third kappa shape index (κ3) is 2.98. The van der Waals surface area contributed by atoms with Crippen molar-refractivity contribution in [2.45, 2.75) is 50.2 Å². The van der Waals surface area contributed by atoms with Gasteiger partial charge in [-0.2, -0.15) is 9.30 Å². The second-order valence-corrected chi connectivity index (χ2v) is 6.57. The van der Waals surface area contributed by atoms with Gasteiger partial charge in [-0.25, -0.2) is 18.2 Å². The Kier molecular flexibility index (Phi) is 4.69. The minimum absolute atomic E-state index is 0.0577. The first-order valence-corrected chi connectivity index (χ1v) is 8.16. The zero-order chi connectivity index (χ0) is 14.6. The number of nitrogens with zero attached hydrogens (tertiary/aromatic N) is 3. The number of imidazole rings is 1. The number of hydrogen-bond donors (Lipinski definition) is 1. The van der Waals surface area contributed by atoms with Crippen LogP contribution in [0.25, 0.3) is 0 Å². The summed E-state index contributed by atoms with van der Waals surface area (Å²) >= 11 is 0. The Balaban J connectivity index is 2.35. The summed E-state index contributed by atoms with van der Waals surface area (Å²) in [5.74, 6) is 0.619. The maximum atomic E-state index is 12.6. The van der Waals surface area contributed by atoms with E-state index in [4.69, 9.17) is 0 Å². The van der Waals surface area contributed by atoms with Crippen LogP contribution in [0.15, 0.2) is 16.2 Å². The Morgan fingerprint density at radius 1 is 1.50 bits per heavy atom. The minimum atomic E-state index is -3.70. The van der Waals surface area contributed by atoms with Crippen molar-refractivity contribution in [3.05, 3.63) is 12.0 Å². The van der Waals surface area contributed by atoms with Gasteiger partial charge in [-0.1, -0.05) is 13.3 Å². The first-order valence-electron chi connectivity index (χ1n) is 6.72. The van der Waals surface area contributed by atoms with Crippen LogP contribution in [-0.2, 0) is 21.2 Å². The number of aliphatic imine (C=N–C) groups is 1. The number of carbonyl (C=O) groups excluding carboxylic acids is 1. The number of isocyanates is 1. The molecule has 1 aromatic heterocycles. The number of aromatic amines is 1. The molecule has 1 unspecified atom stereocenters. The smallest absolute Gasteiger partial charge is 0.261 e. The minimum Gasteiger partial charge on any atom is -0.332 e. The van der Waals surface area contributed by atoms with Crippen molar-refractivity contribution in [3.63, 3.8) is 0 Å². The first kappa shape index (κ1) is 14.9. The van der Waals surface area contributed by atoms with Crippen molar-refractivity contribution in [1.29, 1.82) is 0 Å². The second-order valence-electron chi connectivity index (χ2n) is 4.71. The molecule has 1 saturated heterocycles. The maximum absolute atomic E-state index is 12.6. The van der Waals surface area contributed by atoms with Gasteiger partial charge in [-0.05, 0) is 19.3 Å². The Bertz CT molecular complexity index is 604. The van der Waals surface area contributed by atoms with Crippen LogP contribution in [0.1, 0.15) is 38.4 Å². The number of hydrogen-bond acceptors (Lipinski definition) is 5. The molecule has 1 aliphatic rings. The fourth-order valence-corrected chi connectivity index (χ4v) is 3.84. The lowest BCUT2D eigenvalue weighted by atomic mass is 10.2. The third-order valence-corrected chi connectivity index (χ3v) is 5.21. The highest BCUT2D eigenvalue weighted by Crippen LogP contribution is 2.24.